The van der Waals surface area contributed by atoms with Gasteiger partial charge in [0.15, 0.2) is 0 Å². The van der Waals surface area contributed by atoms with Crippen molar-refractivity contribution in [1.82, 2.24) is 4.98 Å². The Kier molecular flexibility index (Phi) is 3.91. The normalized spacial score (nSPS) is 10.7. The van der Waals surface area contributed by atoms with Gasteiger partial charge in [-0.1, -0.05) is 6.92 Å². The van der Waals surface area contributed by atoms with Crippen molar-refractivity contribution < 1.29 is 8.78 Å². The van der Waals surface area contributed by atoms with Crippen LogP contribution in [0.4, 0.5) is 14.5 Å². The summed E-state index contributed by atoms with van der Waals surface area (Å²) < 4.78 is 26.9. The molecule has 2 nitrogen and oxygen atoms in total. The van der Waals surface area contributed by atoms with Crippen LogP contribution in [-0.2, 0) is 13.0 Å². The van der Waals surface area contributed by atoms with Gasteiger partial charge in [-0.15, -0.1) is 11.3 Å². The number of halogens is 2. The Morgan fingerprint density at radius 2 is 2.06 bits per heavy atom. The number of hydrogen-bond donors (Lipinski definition) is 1. The lowest BCUT2D eigenvalue weighted by Gasteiger charge is -2.07. The molecule has 18 heavy (non-hydrogen) atoms. The maximum absolute atomic E-state index is 13.6. The fourth-order valence-corrected chi connectivity index (χ4v) is 2.36. The van der Waals surface area contributed by atoms with Crippen LogP contribution in [0.3, 0.4) is 0 Å². The molecular weight excluding hydrogens is 254 g/mol. The molecule has 1 heterocycles. The minimum absolute atomic E-state index is 0.185. The minimum atomic E-state index is -0.436. The highest BCUT2D eigenvalue weighted by Gasteiger charge is 2.07. The average Bonchev–Trinajstić information content (AvgIpc) is 2.80. The standard InChI is InChI=1S/C13H14F2N2S/c1-3-13-17-7-9(18-13)6-16-12-5-10(14)8(2)4-11(12)15/h4-5,7,16H,3,6H2,1-2H3. The lowest BCUT2D eigenvalue weighted by molar-refractivity contribution is 0.594. The smallest absolute Gasteiger partial charge is 0.146 e. The molecule has 0 bridgehead atoms. The van der Waals surface area contributed by atoms with Gasteiger partial charge in [-0.3, -0.25) is 0 Å². The Hall–Kier alpha value is -1.49. The monoisotopic (exact) mass is 268 g/mol. The number of nitrogens with zero attached hydrogens (tertiary/aromatic N) is 1. The van der Waals surface area contributed by atoms with Gasteiger partial charge >= 0.3 is 0 Å². The van der Waals surface area contributed by atoms with Gasteiger partial charge in [0.1, 0.15) is 11.6 Å². The van der Waals surface area contributed by atoms with Crippen LogP contribution in [0, 0.1) is 18.6 Å². The first-order valence-electron chi connectivity index (χ1n) is 5.73. The number of benzene rings is 1. The third-order valence-electron chi connectivity index (χ3n) is 2.61. The molecule has 0 aliphatic heterocycles. The third-order valence-corrected chi connectivity index (χ3v) is 3.75. The van der Waals surface area contributed by atoms with Crippen molar-refractivity contribution in [2.75, 3.05) is 5.32 Å². The van der Waals surface area contributed by atoms with Crippen molar-refractivity contribution >= 4 is 17.0 Å². The number of thiazole rings is 1. The van der Waals surface area contributed by atoms with Crippen LogP contribution < -0.4 is 5.32 Å². The van der Waals surface area contributed by atoms with Gasteiger partial charge in [0.2, 0.25) is 0 Å². The van der Waals surface area contributed by atoms with Gasteiger partial charge in [-0.2, -0.15) is 0 Å². The summed E-state index contributed by atoms with van der Waals surface area (Å²) in [6.45, 7) is 4.03. The average molecular weight is 268 g/mol. The summed E-state index contributed by atoms with van der Waals surface area (Å²) in [4.78, 5) is 5.22. The van der Waals surface area contributed by atoms with Gasteiger partial charge < -0.3 is 5.32 Å². The molecule has 1 aromatic heterocycles. The zero-order valence-corrected chi connectivity index (χ0v) is 11.1. The van der Waals surface area contributed by atoms with Crippen molar-refractivity contribution in [3.05, 3.63) is 45.4 Å². The highest BCUT2D eigenvalue weighted by atomic mass is 32.1. The number of aromatic nitrogens is 1. The first-order chi connectivity index (χ1) is 8.60. The molecule has 0 spiro atoms. The molecule has 0 aliphatic carbocycles. The van der Waals surface area contributed by atoms with Crippen LogP contribution in [0.15, 0.2) is 18.3 Å². The quantitative estimate of drug-likeness (QED) is 0.909. The minimum Gasteiger partial charge on any atom is -0.378 e. The molecule has 0 radical (unpaired) electrons. The topological polar surface area (TPSA) is 24.9 Å². The molecular formula is C13H14F2N2S. The van der Waals surface area contributed by atoms with Crippen molar-refractivity contribution in [3.8, 4) is 0 Å². The van der Waals surface area contributed by atoms with E-state index in [2.05, 4.69) is 10.3 Å². The number of anilines is 1. The summed E-state index contributed by atoms with van der Waals surface area (Å²) in [6, 6.07) is 2.38. The number of rotatable bonds is 4. The van der Waals surface area contributed by atoms with E-state index in [4.69, 9.17) is 0 Å². The maximum atomic E-state index is 13.6. The van der Waals surface area contributed by atoms with E-state index in [0.717, 1.165) is 16.3 Å². The van der Waals surface area contributed by atoms with E-state index >= 15 is 0 Å². The zero-order chi connectivity index (χ0) is 13.1. The summed E-state index contributed by atoms with van der Waals surface area (Å²) in [7, 11) is 0. The molecule has 0 saturated heterocycles. The predicted octanol–water partition coefficient (Wildman–Crippen LogP) is 3.90. The van der Waals surface area contributed by atoms with Crippen molar-refractivity contribution in [1.29, 1.82) is 0 Å². The second-order valence-electron chi connectivity index (χ2n) is 4.01. The van der Waals surface area contributed by atoms with Crippen LogP contribution >= 0.6 is 11.3 Å². The molecule has 0 saturated carbocycles. The van der Waals surface area contributed by atoms with E-state index in [9.17, 15) is 8.78 Å². The molecule has 0 atom stereocenters. The van der Waals surface area contributed by atoms with E-state index in [1.165, 1.54) is 12.1 Å². The number of aryl methyl sites for hydroxylation is 2. The molecule has 96 valence electrons. The van der Waals surface area contributed by atoms with E-state index in [0.29, 0.717) is 12.1 Å². The fraction of sp³-hybridized carbons (Fsp3) is 0.308. The second-order valence-corrected chi connectivity index (χ2v) is 5.21. The summed E-state index contributed by atoms with van der Waals surface area (Å²) in [5, 5.41) is 3.93. The molecule has 1 aromatic carbocycles. The van der Waals surface area contributed by atoms with Gasteiger partial charge in [0, 0.05) is 17.1 Å². The predicted molar refractivity (Wildman–Crippen MR) is 69.9 cm³/mol. The van der Waals surface area contributed by atoms with Crippen molar-refractivity contribution in [2.24, 2.45) is 0 Å². The highest BCUT2D eigenvalue weighted by Crippen LogP contribution is 2.21. The van der Waals surface area contributed by atoms with Crippen molar-refractivity contribution in [2.45, 2.75) is 26.8 Å². The summed E-state index contributed by atoms with van der Waals surface area (Å²) in [5.74, 6) is -0.841. The molecule has 1 N–H and O–H groups in total. The lowest BCUT2D eigenvalue weighted by Crippen LogP contribution is -2.01. The van der Waals surface area contributed by atoms with Gasteiger partial charge in [0.25, 0.3) is 0 Å². The van der Waals surface area contributed by atoms with Crippen LogP contribution in [0.5, 0.6) is 0 Å². The van der Waals surface area contributed by atoms with E-state index in [1.807, 2.05) is 6.92 Å². The summed E-state index contributed by atoms with van der Waals surface area (Å²) in [5.41, 5.74) is 0.494. The van der Waals surface area contributed by atoms with Crippen LogP contribution in [-0.4, -0.2) is 4.98 Å². The van der Waals surface area contributed by atoms with Crippen molar-refractivity contribution in [3.63, 3.8) is 0 Å². The zero-order valence-electron chi connectivity index (χ0n) is 10.3. The Balaban J connectivity index is 2.08. The largest absolute Gasteiger partial charge is 0.378 e. The molecule has 0 amide bonds. The van der Waals surface area contributed by atoms with E-state index < -0.39 is 11.6 Å². The SMILES string of the molecule is CCc1ncc(CNc2cc(F)c(C)cc2F)s1. The summed E-state index contributed by atoms with van der Waals surface area (Å²) >= 11 is 1.58. The fourth-order valence-electron chi connectivity index (χ4n) is 1.56. The van der Waals surface area contributed by atoms with Crippen LogP contribution in [0.25, 0.3) is 0 Å². The highest BCUT2D eigenvalue weighted by molar-refractivity contribution is 7.11. The van der Waals surface area contributed by atoms with Crippen LogP contribution in [0.2, 0.25) is 0 Å². The first-order valence-corrected chi connectivity index (χ1v) is 6.55. The second kappa shape index (κ2) is 5.44. The summed E-state index contributed by atoms with van der Waals surface area (Å²) in [6.07, 6.45) is 2.65. The molecule has 0 aliphatic rings. The number of nitrogens with one attached hydrogen (secondary N) is 1. The number of hydrogen-bond acceptors (Lipinski definition) is 3. The van der Waals surface area contributed by atoms with Gasteiger partial charge in [-0.05, 0) is 25.0 Å². The molecule has 2 rings (SSSR count). The van der Waals surface area contributed by atoms with Crippen LogP contribution in [0.1, 0.15) is 22.4 Å². The van der Waals surface area contributed by atoms with Gasteiger partial charge in [-0.25, -0.2) is 13.8 Å². The Morgan fingerprint density at radius 3 is 2.72 bits per heavy atom. The van der Waals surface area contributed by atoms with Gasteiger partial charge in [0.05, 0.1) is 17.2 Å². The third kappa shape index (κ3) is 2.85. The molecule has 2 aromatic rings. The molecule has 0 unspecified atom stereocenters. The maximum Gasteiger partial charge on any atom is 0.146 e. The Morgan fingerprint density at radius 1 is 1.28 bits per heavy atom. The van der Waals surface area contributed by atoms with E-state index in [-0.39, 0.29) is 5.69 Å². The Labute approximate surface area is 109 Å². The molecule has 0 fully saturated rings. The van der Waals surface area contributed by atoms with E-state index in [1.54, 1.807) is 24.5 Å². The Bertz CT molecular complexity index is 552. The lowest BCUT2D eigenvalue weighted by atomic mass is 10.2. The molecule has 5 heteroatoms. The first kappa shape index (κ1) is 13.0.